The minimum absolute atomic E-state index is 0.372. The van der Waals surface area contributed by atoms with Gasteiger partial charge in [0.05, 0.1) is 10.0 Å². The molecule has 1 nitrogen and oxygen atoms in total. The molecule has 1 aromatic carbocycles. The first-order valence-corrected chi connectivity index (χ1v) is 8.63. The second-order valence-corrected chi connectivity index (χ2v) is 7.20. The highest BCUT2D eigenvalue weighted by atomic mass is 35.5. The van der Waals surface area contributed by atoms with Gasteiger partial charge in [-0.25, -0.2) is 0 Å². The first-order valence-electron chi connectivity index (χ1n) is 7.88. The fourth-order valence-electron chi connectivity index (χ4n) is 4.25. The van der Waals surface area contributed by atoms with Crippen LogP contribution >= 0.6 is 23.2 Å². The maximum absolute atomic E-state index is 6.48. The van der Waals surface area contributed by atoms with Crippen LogP contribution in [0.3, 0.4) is 0 Å². The highest BCUT2D eigenvalue weighted by Crippen LogP contribution is 2.53. The van der Waals surface area contributed by atoms with Gasteiger partial charge in [0.15, 0.2) is 0 Å². The number of halogens is 2. The smallest absolute Gasteiger partial charge is 0.0640 e. The van der Waals surface area contributed by atoms with Gasteiger partial charge in [-0.1, -0.05) is 48.7 Å². The van der Waals surface area contributed by atoms with Gasteiger partial charge in [0.25, 0.3) is 0 Å². The van der Waals surface area contributed by atoms with E-state index in [-0.39, 0.29) is 0 Å². The maximum Gasteiger partial charge on any atom is 0.0640 e. The molecule has 1 aromatic rings. The summed E-state index contributed by atoms with van der Waals surface area (Å²) in [6.07, 6.45) is 6.76. The molecule has 0 spiro atoms. The molecule has 0 heterocycles. The molecule has 110 valence electrons. The normalized spacial score (nSPS) is 29.9. The number of fused-ring (bicyclic) bond motifs is 2. The molecule has 0 saturated heterocycles. The minimum Gasteiger partial charge on any atom is -0.310 e. The largest absolute Gasteiger partial charge is 0.310 e. The van der Waals surface area contributed by atoms with E-state index in [9.17, 15) is 0 Å². The molecule has 1 N–H and O–H groups in total. The summed E-state index contributed by atoms with van der Waals surface area (Å²) >= 11 is 12.7. The predicted molar refractivity (Wildman–Crippen MR) is 86.4 cm³/mol. The van der Waals surface area contributed by atoms with E-state index in [4.69, 9.17) is 23.2 Å². The molecule has 0 radical (unpaired) electrons. The lowest BCUT2D eigenvalue weighted by Gasteiger charge is -2.32. The zero-order valence-electron chi connectivity index (χ0n) is 12.0. The Kier molecular flexibility index (Phi) is 4.59. The van der Waals surface area contributed by atoms with Crippen LogP contribution in [0.2, 0.25) is 10.0 Å². The Hall–Kier alpha value is -0.240. The summed E-state index contributed by atoms with van der Waals surface area (Å²) in [5.41, 5.74) is 1.20. The van der Waals surface area contributed by atoms with Crippen LogP contribution in [-0.2, 0) is 0 Å². The molecule has 4 unspecified atom stereocenters. The maximum atomic E-state index is 6.48. The number of nitrogens with one attached hydrogen (secondary N) is 1. The van der Waals surface area contributed by atoms with E-state index in [1.54, 1.807) is 0 Å². The van der Waals surface area contributed by atoms with Crippen LogP contribution in [0.25, 0.3) is 0 Å². The quantitative estimate of drug-likeness (QED) is 0.760. The SMILES string of the molecule is CCCNC(c1cccc(Cl)c1Cl)C1CC2CCC1C2. The van der Waals surface area contributed by atoms with Crippen molar-refractivity contribution in [2.24, 2.45) is 17.8 Å². The summed E-state index contributed by atoms with van der Waals surface area (Å²) in [5, 5.41) is 5.16. The summed E-state index contributed by atoms with van der Waals surface area (Å²) in [7, 11) is 0. The zero-order chi connectivity index (χ0) is 14.1. The first kappa shape index (κ1) is 14.7. The van der Waals surface area contributed by atoms with E-state index in [1.807, 2.05) is 12.1 Å². The van der Waals surface area contributed by atoms with Crippen molar-refractivity contribution >= 4 is 23.2 Å². The second-order valence-electron chi connectivity index (χ2n) is 6.41. The van der Waals surface area contributed by atoms with Gasteiger partial charge in [-0.2, -0.15) is 0 Å². The van der Waals surface area contributed by atoms with Crippen LogP contribution in [0, 0.1) is 17.8 Å². The third-order valence-electron chi connectivity index (χ3n) is 5.15. The van der Waals surface area contributed by atoms with Crippen LogP contribution in [0.5, 0.6) is 0 Å². The topological polar surface area (TPSA) is 12.0 Å². The lowest BCUT2D eigenvalue weighted by molar-refractivity contribution is 0.251. The van der Waals surface area contributed by atoms with E-state index in [0.29, 0.717) is 11.1 Å². The second kappa shape index (κ2) is 6.25. The Balaban J connectivity index is 1.87. The highest BCUT2D eigenvalue weighted by molar-refractivity contribution is 6.42. The molecule has 2 fully saturated rings. The van der Waals surface area contributed by atoms with Gasteiger partial charge in [0, 0.05) is 6.04 Å². The van der Waals surface area contributed by atoms with Crippen molar-refractivity contribution in [2.45, 2.75) is 45.1 Å². The number of benzene rings is 1. The summed E-state index contributed by atoms with van der Waals surface area (Å²) in [6, 6.07) is 6.42. The molecule has 0 aliphatic heterocycles. The van der Waals surface area contributed by atoms with Crippen molar-refractivity contribution in [1.29, 1.82) is 0 Å². The van der Waals surface area contributed by atoms with Crippen molar-refractivity contribution in [3.63, 3.8) is 0 Å². The van der Waals surface area contributed by atoms with Gasteiger partial charge in [0.1, 0.15) is 0 Å². The van der Waals surface area contributed by atoms with E-state index < -0.39 is 0 Å². The van der Waals surface area contributed by atoms with Crippen molar-refractivity contribution in [2.75, 3.05) is 6.54 Å². The highest BCUT2D eigenvalue weighted by Gasteiger charge is 2.43. The molecule has 2 aliphatic rings. The van der Waals surface area contributed by atoms with Crippen LogP contribution < -0.4 is 5.32 Å². The molecule has 20 heavy (non-hydrogen) atoms. The van der Waals surface area contributed by atoms with Gasteiger partial charge in [-0.05, 0) is 61.6 Å². The van der Waals surface area contributed by atoms with Gasteiger partial charge < -0.3 is 5.32 Å². The van der Waals surface area contributed by atoms with E-state index >= 15 is 0 Å². The Morgan fingerprint density at radius 3 is 2.75 bits per heavy atom. The number of hydrogen-bond acceptors (Lipinski definition) is 1. The van der Waals surface area contributed by atoms with E-state index in [0.717, 1.165) is 35.7 Å². The van der Waals surface area contributed by atoms with E-state index in [1.165, 1.54) is 31.2 Å². The monoisotopic (exact) mass is 311 g/mol. The number of hydrogen-bond donors (Lipinski definition) is 1. The third kappa shape index (κ3) is 2.73. The molecular formula is C17H23Cl2N. The third-order valence-corrected chi connectivity index (χ3v) is 5.99. The molecule has 2 saturated carbocycles. The average molecular weight is 312 g/mol. The lowest BCUT2D eigenvalue weighted by Crippen LogP contribution is -2.32. The fraction of sp³-hybridized carbons (Fsp3) is 0.647. The van der Waals surface area contributed by atoms with Crippen LogP contribution in [0.4, 0.5) is 0 Å². The summed E-state index contributed by atoms with van der Waals surface area (Å²) < 4.78 is 0. The van der Waals surface area contributed by atoms with Crippen LogP contribution in [0.1, 0.15) is 50.6 Å². The summed E-state index contributed by atoms with van der Waals surface area (Å²) in [4.78, 5) is 0. The van der Waals surface area contributed by atoms with Gasteiger partial charge in [-0.3, -0.25) is 0 Å². The van der Waals surface area contributed by atoms with Crippen molar-refractivity contribution in [1.82, 2.24) is 5.32 Å². The lowest BCUT2D eigenvalue weighted by atomic mass is 9.80. The van der Waals surface area contributed by atoms with Gasteiger partial charge in [0.2, 0.25) is 0 Å². The van der Waals surface area contributed by atoms with Crippen LogP contribution in [-0.4, -0.2) is 6.54 Å². The average Bonchev–Trinajstić information content (AvgIpc) is 3.06. The standard InChI is InChI=1S/C17H23Cl2N/c1-2-8-20-17(13-4-3-5-15(18)16(13)19)14-10-11-6-7-12(14)9-11/h3-5,11-12,14,17,20H,2,6-10H2,1H3. The Labute approximate surface area is 132 Å². The number of rotatable bonds is 5. The minimum atomic E-state index is 0.372. The molecule has 0 aromatic heterocycles. The van der Waals surface area contributed by atoms with Gasteiger partial charge in [-0.15, -0.1) is 0 Å². The fourth-order valence-corrected chi connectivity index (χ4v) is 4.68. The van der Waals surface area contributed by atoms with Crippen molar-refractivity contribution < 1.29 is 0 Å². The zero-order valence-corrected chi connectivity index (χ0v) is 13.6. The Morgan fingerprint density at radius 2 is 2.10 bits per heavy atom. The molecule has 3 heteroatoms. The van der Waals surface area contributed by atoms with Crippen molar-refractivity contribution in [3.8, 4) is 0 Å². The van der Waals surface area contributed by atoms with Crippen molar-refractivity contribution in [3.05, 3.63) is 33.8 Å². The molecule has 2 bridgehead atoms. The van der Waals surface area contributed by atoms with Crippen LogP contribution in [0.15, 0.2) is 18.2 Å². The Morgan fingerprint density at radius 1 is 1.25 bits per heavy atom. The summed E-state index contributed by atoms with van der Waals surface area (Å²) in [5.74, 6) is 2.56. The Bertz CT molecular complexity index is 474. The predicted octanol–water partition coefficient (Wildman–Crippen LogP) is 5.47. The molecular weight excluding hydrogens is 289 g/mol. The first-order chi connectivity index (χ1) is 9.70. The molecule has 0 amide bonds. The molecule has 3 rings (SSSR count). The summed E-state index contributed by atoms with van der Waals surface area (Å²) in [6.45, 7) is 3.26. The molecule has 2 aliphatic carbocycles. The molecule has 4 atom stereocenters. The van der Waals surface area contributed by atoms with E-state index in [2.05, 4.69) is 18.3 Å². The van der Waals surface area contributed by atoms with Gasteiger partial charge >= 0.3 is 0 Å².